The molecule has 0 bridgehead atoms. The van der Waals surface area contributed by atoms with Gasteiger partial charge in [0.1, 0.15) is 23.9 Å². The van der Waals surface area contributed by atoms with Gasteiger partial charge in [-0.15, -0.1) is 0 Å². The summed E-state index contributed by atoms with van der Waals surface area (Å²) in [6, 6.07) is 5.23. The zero-order chi connectivity index (χ0) is 15.2. The van der Waals surface area contributed by atoms with Crippen LogP contribution in [0.15, 0.2) is 24.3 Å². The van der Waals surface area contributed by atoms with Crippen molar-refractivity contribution in [3.63, 3.8) is 0 Å². The van der Waals surface area contributed by atoms with Crippen molar-refractivity contribution in [2.75, 3.05) is 18.5 Å². The summed E-state index contributed by atoms with van der Waals surface area (Å²) in [4.78, 5) is 11.4. The first-order valence-electron chi connectivity index (χ1n) is 5.39. The van der Waals surface area contributed by atoms with Crippen LogP contribution in [-0.2, 0) is 0 Å². The molecule has 0 saturated carbocycles. The topological polar surface area (TPSA) is 76.4 Å². The third kappa shape index (κ3) is 6.23. The van der Waals surface area contributed by atoms with Crippen LogP contribution in [0.1, 0.15) is 0 Å². The Labute approximate surface area is 118 Å². The summed E-state index contributed by atoms with van der Waals surface area (Å²) in [6.45, 7) is -1.47. The van der Waals surface area contributed by atoms with Crippen LogP contribution in [0.3, 0.4) is 0 Å². The maximum atomic E-state index is 11.9. The molecule has 1 aromatic carbocycles. The van der Waals surface area contributed by atoms with Gasteiger partial charge in [-0.25, -0.2) is 4.79 Å². The molecule has 0 fully saturated rings. The van der Waals surface area contributed by atoms with Crippen molar-refractivity contribution < 1.29 is 22.7 Å². The minimum Gasteiger partial charge on any atom is -0.484 e. The summed E-state index contributed by atoms with van der Waals surface area (Å²) in [5.74, 6) is 0.252. The van der Waals surface area contributed by atoms with E-state index in [1.807, 2.05) is 0 Å². The highest BCUT2D eigenvalue weighted by molar-refractivity contribution is 7.80. The lowest BCUT2D eigenvalue weighted by atomic mass is 10.3. The molecular formula is C11H12F3N3O2S. The van der Waals surface area contributed by atoms with Crippen LogP contribution < -0.4 is 21.1 Å². The van der Waals surface area contributed by atoms with E-state index in [2.05, 4.69) is 17.5 Å². The van der Waals surface area contributed by atoms with Gasteiger partial charge in [0.05, 0.1) is 5.69 Å². The molecular weight excluding hydrogens is 295 g/mol. The van der Waals surface area contributed by atoms with Gasteiger partial charge in [0.15, 0.2) is 0 Å². The molecule has 9 heteroatoms. The Morgan fingerprint density at radius 1 is 1.35 bits per heavy atom. The molecule has 0 aliphatic carbocycles. The van der Waals surface area contributed by atoms with Crippen LogP contribution in [0.2, 0.25) is 0 Å². The molecule has 0 aliphatic heterocycles. The molecule has 20 heavy (non-hydrogen) atoms. The lowest BCUT2D eigenvalue weighted by Gasteiger charge is -2.13. The first-order chi connectivity index (χ1) is 9.28. The molecule has 0 radical (unpaired) electrons. The van der Waals surface area contributed by atoms with Crippen LogP contribution in [0, 0.1) is 0 Å². The lowest BCUT2D eigenvalue weighted by Crippen LogP contribution is -2.36. The Balaban J connectivity index is 2.62. The van der Waals surface area contributed by atoms with Gasteiger partial charge < -0.3 is 21.1 Å². The number of alkyl halides is 3. The van der Waals surface area contributed by atoms with Crippen molar-refractivity contribution in [3.05, 3.63) is 24.3 Å². The molecule has 0 aliphatic rings. The smallest absolute Gasteiger partial charge is 0.405 e. The molecule has 0 aromatic heterocycles. The number of ether oxygens (including phenoxy) is 1. The van der Waals surface area contributed by atoms with E-state index >= 15 is 0 Å². The zero-order valence-electron chi connectivity index (χ0n) is 10.2. The SMILES string of the molecule is NC(=S)COc1ccccc1NC(=O)NCC(F)(F)F. The summed E-state index contributed by atoms with van der Waals surface area (Å²) in [5, 5.41) is 3.93. The summed E-state index contributed by atoms with van der Waals surface area (Å²) in [7, 11) is 0. The molecule has 1 rings (SSSR count). The fourth-order valence-corrected chi connectivity index (χ4v) is 1.25. The third-order valence-electron chi connectivity index (χ3n) is 1.95. The Kier molecular flexibility index (Phi) is 5.56. The lowest BCUT2D eigenvalue weighted by molar-refractivity contribution is -0.122. The van der Waals surface area contributed by atoms with E-state index in [0.29, 0.717) is 0 Å². The quantitative estimate of drug-likeness (QED) is 0.728. The van der Waals surface area contributed by atoms with Crippen molar-refractivity contribution in [3.8, 4) is 5.75 Å². The molecule has 1 aromatic rings. The average molecular weight is 307 g/mol. The number of para-hydroxylation sites is 2. The van der Waals surface area contributed by atoms with Crippen LogP contribution >= 0.6 is 12.2 Å². The van der Waals surface area contributed by atoms with E-state index < -0.39 is 18.8 Å². The Hall–Kier alpha value is -2.03. The second-order valence-corrected chi connectivity index (χ2v) is 4.20. The van der Waals surface area contributed by atoms with E-state index in [1.165, 1.54) is 12.1 Å². The van der Waals surface area contributed by atoms with Crippen LogP contribution in [0.4, 0.5) is 23.7 Å². The number of amides is 2. The number of urea groups is 1. The van der Waals surface area contributed by atoms with Crippen molar-refractivity contribution >= 4 is 28.9 Å². The fourth-order valence-electron chi connectivity index (χ4n) is 1.19. The van der Waals surface area contributed by atoms with Gasteiger partial charge in [0, 0.05) is 0 Å². The number of nitrogens with two attached hydrogens (primary N) is 1. The van der Waals surface area contributed by atoms with Crippen LogP contribution in [0.5, 0.6) is 5.75 Å². The predicted molar refractivity (Wildman–Crippen MR) is 71.8 cm³/mol. The Bertz CT molecular complexity index is 494. The van der Waals surface area contributed by atoms with Gasteiger partial charge in [-0.1, -0.05) is 24.4 Å². The molecule has 4 N–H and O–H groups in total. The minimum absolute atomic E-state index is 0.0435. The number of rotatable bonds is 5. The van der Waals surface area contributed by atoms with Gasteiger partial charge in [-0.2, -0.15) is 13.2 Å². The number of hydrogen-bond donors (Lipinski definition) is 3. The second-order valence-electron chi connectivity index (χ2n) is 3.67. The van der Waals surface area contributed by atoms with Crippen molar-refractivity contribution in [1.82, 2.24) is 5.32 Å². The number of benzene rings is 1. The van der Waals surface area contributed by atoms with Gasteiger partial charge in [-0.3, -0.25) is 0 Å². The fraction of sp³-hybridized carbons (Fsp3) is 0.273. The standard InChI is InChI=1S/C11H12F3N3O2S/c12-11(13,14)6-16-10(18)17-7-3-1-2-4-8(7)19-5-9(15)20/h1-4H,5-6H2,(H2,15,20)(H2,16,17,18). The van der Waals surface area contributed by atoms with E-state index in [4.69, 9.17) is 10.5 Å². The molecule has 5 nitrogen and oxygen atoms in total. The van der Waals surface area contributed by atoms with Crippen molar-refractivity contribution in [2.24, 2.45) is 5.73 Å². The number of thiocarbonyl (C=S) groups is 1. The monoisotopic (exact) mass is 307 g/mol. The first kappa shape index (κ1) is 16.0. The number of halogens is 3. The van der Waals surface area contributed by atoms with Gasteiger partial charge in [0.25, 0.3) is 0 Å². The molecule has 0 spiro atoms. The normalized spacial score (nSPS) is 10.8. The molecule has 0 heterocycles. The third-order valence-corrected chi connectivity index (χ3v) is 2.07. The van der Waals surface area contributed by atoms with Gasteiger partial charge >= 0.3 is 12.2 Å². The molecule has 2 amide bonds. The van der Waals surface area contributed by atoms with Crippen molar-refractivity contribution in [2.45, 2.75) is 6.18 Å². The number of nitrogens with one attached hydrogen (secondary N) is 2. The Morgan fingerprint density at radius 2 is 2.00 bits per heavy atom. The number of hydrogen-bond acceptors (Lipinski definition) is 3. The number of anilines is 1. The summed E-state index contributed by atoms with van der Waals surface area (Å²) >= 11 is 4.64. The van der Waals surface area contributed by atoms with Crippen LogP contribution in [0.25, 0.3) is 0 Å². The second kappa shape index (κ2) is 6.94. The van der Waals surface area contributed by atoms with E-state index in [-0.39, 0.29) is 23.0 Å². The minimum atomic E-state index is -4.47. The van der Waals surface area contributed by atoms with E-state index in [0.717, 1.165) is 0 Å². The molecule has 110 valence electrons. The highest BCUT2D eigenvalue weighted by Crippen LogP contribution is 2.23. The highest BCUT2D eigenvalue weighted by Gasteiger charge is 2.27. The van der Waals surface area contributed by atoms with E-state index in [9.17, 15) is 18.0 Å². The summed E-state index contributed by atoms with van der Waals surface area (Å²) < 4.78 is 41.1. The predicted octanol–water partition coefficient (Wildman–Crippen LogP) is 2.04. The molecule has 0 saturated heterocycles. The number of carbonyl (C=O) groups is 1. The average Bonchev–Trinajstić information content (AvgIpc) is 2.34. The largest absolute Gasteiger partial charge is 0.484 e. The van der Waals surface area contributed by atoms with Gasteiger partial charge in [0.2, 0.25) is 0 Å². The first-order valence-corrected chi connectivity index (χ1v) is 5.80. The van der Waals surface area contributed by atoms with Crippen LogP contribution in [-0.4, -0.2) is 30.3 Å². The zero-order valence-corrected chi connectivity index (χ0v) is 11.0. The maximum Gasteiger partial charge on any atom is 0.405 e. The molecule has 0 atom stereocenters. The highest BCUT2D eigenvalue weighted by atomic mass is 32.1. The van der Waals surface area contributed by atoms with Gasteiger partial charge in [-0.05, 0) is 12.1 Å². The summed E-state index contributed by atoms with van der Waals surface area (Å²) in [5.41, 5.74) is 5.48. The van der Waals surface area contributed by atoms with E-state index in [1.54, 1.807) is 17.4 Å². The molecule has 0 unspecified atom stereocenters. The number of carbonyl (C=O) groups excluding carboxylic acids is 1. The Morgan fingerprint density at radius 3 is 2.60 bits per heavy atom. The van der Waals surface area contributed by atoms with Crippen molar-refractivity contribution in [1.29, 1.82) is 0 Å². The maximum absolute atomic E-state index is 11.9. The summed E-state index contributed by atoms with van der Waals surface area (Å²) in [6.07, 6.45) is -4.47.